The van der Waals surface area contributed by atoms with Crippen LogP contribution in [0.1, 0.15) is 43.2 Å². The molecule has 0 aliphatic carbocycles. The van der Waals surface area contributed by atoms with Gasteiger partial charge in [-0.15, -0.1) is 0 Å². The van der Waals surface area contributed by atoms with Crippen LogP contribution in [0.3, 0.4) is 0 Å². The molecule has 0 amide bonds. The third-order valence-corrected chi connectivity index (χ3v) is 5.18. The number of nitrogen functional groups attached to an aromatic ring is 1. The van der Waals surface area contributed by atoms with Crippen molar-refractivity contribution in [2.24, 2.45) is 0 Å². The molecule has 4 rings (SSSR count). The molecule has 0 saturated carbocycles. The first-order valence-electron chi connectivity index (χ1n) is 8.89. The second-order valence-electron chi connectivity index (χ2n) is 7.36. The summed E-state index contributed by atoms with van der Waals surface area (Å²) in [6.07, 6.45) is -3.26. The Kier molecular flexibility index (Phi) is 4.72. The van der Waals surface area contributed by atoms with Crippen molar-refractivity contribution >= 4 is 16.9 Å². The van der Waals surface area contributed by atoms with E-state index in [4.69, 9.17) is 10.5 Å². The first-order valence-corrected chi connectivity index (χ1v) is 8.89. The molecule has 2 aromatic heterocycles. The van der Waals surface area contributed by atoms with Gasteiger partial charge in [0.2, 0.25) is 0 Å². The number of benzene rings is 1. The summed E-state index contributed by atoms with van der Waals surface area (Å²) in [6.45, 7) is 1.46. The van der Waals surface area contributed by atoms with Gasteiger partial charge in [0.05, 0.1) is 11.0 Å². The summed E-state index contributed by atoms with van der Waals surface area (Å²) in [4.78, 5) is 8.10. The summed E-state index contributed by atoms with van der Waals surface area (Å²) in [5.41, 5.74) is 4.14. The largest absolute Gasteiger partial charge is 0.387 e. The molecule has 3 aromatic rings. The molecule has 29 heavy (non-hydrogen) atoms. The Bertz CT molecular complexity index is 1060. The van der Waals surface area contributed by atoms with E-state index in [2.05, 4.69) is 9.97 Å². The number of hydrogen-bond acceptors (Lipinski definition) is 6. The van der Waals surface area contributed by atoms with Gasteiger partial charge in [-0.05, 0) is 36.8 Å². The van der Waals surface area contributed by atoms with E-state index in [0.29, 0.717) is 17.1 Å². The van der Waals surface area contributed by atoms with E-state index in [9.17, 15) is 23.4 Å². The highest BCUT2D eigenvalue weighted by Gasteiger charge is 2.48. The van der Waals surface area contributed by atoms with Gasteiger partial charge < -0.3 is 25.3 Å². The number of aromatic nitrogens is 3. The van der Waals surface area contributed by atoms with E-state index in [0.717, 1.165) is 12.1 Å². The molecule has 3 heterocycles. The molecule has 7 nitrogen and oxygen atoms in total. The number of anilines is 1. The van der Waals surface area contributed by atoms with Crippen LogP contribution < -0.4 is 5.73 Å². The van der Waals surface area contributed by atoms with Gasteiger partial charge in [-0.2, -0.15) is 0 Å². The van der Waals surface area contributed by atoms with Gasteiger partial charge in [-0.25, -0.2) is 23.1 Å². The fraction of sp³-hybridized carbons (Fsp3) is 0.368. The molecular weight excluding hydrogens is 389 g/mol. The predicted molar refractivity (Wildman–Crippen MR) is 97.4 cm³/mol. The number of ether oxygens (including phenoxy) is 1. The van der Waals surface area contributed by atoms with Crippen LogP contribution in [0, 0.1) is 5.82 Å². The second kappa shape index (κ2) is 6.97. The lowest BCUT2D eigenvalue weighted by molar-refractivity contribution is -0.111. The Balaban J connectivity index is 1.66. The molecular formula is C19H19F3N4O3. The summed E-state index contributed by atoms with van der Waals surface area (Å²) in [5, 5.41) is 22.1. The maximum atomic E-state index is 13.8. The number of alkyl halides is 2. The number of halogens is 3. The van der Waals surface area contributed by atoms with Crippen LogP contribution in [-0.4, -0.2) is 36.5 Å². The summed E-state index contributed by atoms with van der Waals surface area (Å²) in [7, 11) is 0. The summed E-state index contributed by atoms with van der Waals surface area (Å²) >= 11 is 0. The number of aliphatic hydroxyl groups excluding tert-OH is 1. The highest BCUT2D eigenvalue weighted by Crippen LogP contribution is 2.43. The molecule has 0 bridgehead atoms. The first-order chi connectivity index (χ1) is 13.7. The van der Waals surface area contributed by atoms with Gasteiger partial charge in [0.25, 0.3) is 6.43 Å². The van der Waals surface area contributed by atoms with Crippen molar-refractivity contribution in [3.8, 4) is 0 Å². The van der Waals surface area contributed by atoms with Crippen molar-refractivity contribution in [3.63, 3.8) is 0 Å². The van der Waals surface area contributed by atoms with Gasteiger partial charge in [0, 0.05) is 18.2 Å². The zero-order valence-corrected chi connectivity index (χ0v) is 15.3. The number of aliphatic hydroxyl groups is 2. The quantitative estimate of drug-likeness (QED) is 0.613. The van der Waals surface area contributed by atoms with Gasteiger partial charge in [-0.1, -0.05) is 0 Å². The van der Waals surface area contributed by atoms with Crippen LogP contribution in [0.2, 0.25) is 0 Å². The van der Waals surface area contributed by atoms with Gasteiger partial charge >= 0.3 is 0 Å². The number of hydrogen-bond donors (Lipinski definition) is 3. The van der Waals surface area contributed by atoms with Crippen molar-refractivity contribution in [1.29, 1.82) is 0 Å². The fourth-order valence-corrected chi connectivity index (χ4v) is 3.74. The molecule has 1 saturated heterocycles. The second-order valence-corrected chi connectivity index (χ2v) is 7.36. The lowest BCUT2D eigenvalue weighted by Gasteiger charge is -2.28. The van der Waals surface area contributed by atoms with Crippen LogP contribution in [0.15, 0.2) is 36.8 Å². The average Bonchev–Trinajstić information content (AvgIpc) is 3.21. The average molecular weight is 408 g/mol. The van der Waals surface area contributed by atoms with Crippen molar-refractivity contribution < 1.29 is 28.1 Å². The highest BCUT2D eigenvalue weighted by atomic mass is 19.3. The maximum absolute atomic E-state index is 13.8. The molecule has 1 fully saturated rings. The molecule has 154 valence electrons. The minimum Gasteiger partial charge on any atom is -0.387 e. The van der Waals surface area contributed by atoms with Crippen LogP contribution in [0.25, 0.3) is 11.0 Å². The summed E-state index contributed by atoms with van der Waals surface area (Å²) in [5.74, 6) is -0.621. The Labute approximate surface area is 163 Å². The molecule has 0 radical (unpaired) electrons. The summed E-state index contributed by atoms with van der Waals surface area (Å²) < 4.78 is 47.3. The number of rotatable bonds is 4. The maximum Gasteiger partial charge on any atom is 0.263 e. The van der Waals surface area contributed by atoms with Crippen LogP contribution in [-0.2, 0) is 4.74 Å². The standard InChI is InChI=1S/C19H19F3N4O3/c1-19(28)7-13(26-3-2-12-17(23)24-8-25-18(12)26)29-15(19)14(27)9-4-10(16(21)22)6-11(20)5-9/h2-6,8,13-16,27-28H,7H2,1H3,(H2,23,24,25)/t13-,14-,15-,19+/m1/s1. The molecule has 1 aliphatic heterocycles. The van der Waals surface area contributed by atoms with Crippen molar-refractivity contribution in [1.82, 2.24) is 14.5 Å². The monoisotopic (exact) mass is 408 g/mol. The smallest absolute Gasteiger partial charge is 0.263 e. The minimum atomic E-state index is -2.90. The van der Waals surface area contributed by atoms with Crippen LogP contribution >= 0.6 is 0 Å². The number of nitrogens with zero attached hydrogens (tertiary/aromatic N) is 3. The molecule has 4 atom stereocenters. The van der Waals surface area contributed by atoms with Gasteiger partial charge in [0.15, 0.2) is 0 Å². The predicted octanol–water partition coefficient (Wildman–Crippen LogP) is 2.86. The normalized spacial score (nSPS) is 25.8. The highest BCUT2D eigenvalue weighted by molar-refractivity contribution is 5.86. The Morgan fingerprint density at radius 1 is 1.28 bits per heavy atom. The lowest BCUT2D eigenvalue weighted by Crippen LogP contribution is -2.39. The zero-order valence-electron chi connectivity index (χ0n) is 15.3. The van der Waals surface area contributed by atoms with E-state index >= 15 is 0 Å². The topological polar surface area (TPSA) is 106 Å². The Morgan fingerprint density at radius 3 is 2.72 bits per heavy atom. The van der Waals surface area contributed by atoms with E-state index in [1.807, 2.05) is 0 Å². The number of fused-ring (bicyclic) bond motifs is 1. The van der Waals surface area contributed by atoms with Gasteiger partial charge in [0.1, 0.15) is 42.0 Å². The van der Waals surface area contributed by atoms with Crippen molar-refractivity contribution in [2.45, 2.75) is 43.8 Å². The minimum absolute atomic E-state index is 0.0828. The molecule has 4 N–H and O–H groups in total. The van der Waals surface area contributed by atoms with Crippen molar-refractivity contribution in [3.05, 3.63) is 53.7 Å². The van der Waals surface area contributed by atoms with E-state index in [1.165, 1.54) is 13.3 Å². The molecule has 10 heteroatoms. The third kappa shape index (κ3) is 3.43. The van der Waals surface area contributed by atoms with Crippen LogP contribution in [0.5, 0.6) is 0 Å². The fourth-order valence-electron chi connectivity index (χ4n) is 3.74. The molecule has 1 aromatic carbocycles. The van der Waals surface area contributed by atoms with Crippen LogP contribution in [0.4, 0.5) is 19.0 Å². The van der Waals surface area contributed by atoms with E-state index in [-0.39, 0.29) is 17.8 Å². The molecule has 1 aliphatic rings. The van der Waals surface area contributed by atoms with Gasteiger partial charge in [-0.3, -0.25) is 0 Å². The lowest BCUT2D eigenvalue weighted by atomic mass is 9.89. The van der Waals surface area contributed by atoms with E-state index in [1.54, 1.807) is 16.8 Å². The zero-order chi connectivity index (χ0) is 20.9. The summed E-state index contributed by atoms with van der Waals surface area (Å²) in [6, 6.07) is 4.36. The first kappa shape index (κ1) is 19.6. The Hall–Kier alpha value is -2.69. The van der Waals surface area contributed by atoms with Crippen molar-refractivity contribution in [2.75, 3.05) is 5.73 Å². The SMILES string of the molecule is C[C@]1(O)C[C@H](n2ccc3c(N)ncnc32)O[C@@H]1[C@H](O)c1cc(F)cc(C(F)F)c1. The molecule has 0 spiro atoms. The molecule has 0 unspecified atom stereocenters. The number of nitrogens with two attached hydrogens (primary N) is 1. The third-order valence-electron chi connectivity index (χ3n) is 5.18. The Morgan fingerprint density at radius 2 is 2.00 bits per heavy atom. The van der Waals surface area contributed by atoms with E-state index < -0.39 is 41.8 Å².